The van der Waals surface area contributed by atoms with Gasteiger partial charge in [-0.25, -0.2) is 0 Å². The molecule has 0 aromatic heterocycles. The molecular formula is C20H15Cl3P+. The van der Waals surface area contributed by atoms with Crippen molar-refractivity contribution in [2.45, 2.75) is 0 Å². The van der Waals surface area contributed by atoms with Gasteiger partial charge < -0.3 is 0 Å². The molecule has 0 aliphatic heterocycles. The van der Waals surface area contributed by atoms with Crippen molar-refractivity contribution in [3.63, 3.8) is 0 Å². The maximum atomic E-state index is 6.09. The molecule has 0 amide bonds. The van der Waals surface area contributed by atoms with Gasteiger partial charge in [-0.2, -0.15) is 0 Å². The normalized spacial score (nSPS) is 11.3. The first-order chi connectivity index (χ1) is 11.6. The van der Waals surface area contributed by atoms with Crippen LogP contribution in [0.15, 0.2) is 85.2 Å². The third-order valence-corrected chi connectivity index (χ3v) is 8.62. The van der Waals surface area contributed by atoms with Crippen LogP contribution in [0.25, 0.3) is 0 Å². The Morgan fingerprint density at radius 2 is 0.792 bits per heavy atom. The average molecular weight is 393 g/mol. The lowest BCUT2D eigenvalue weighted by Gasteiger charge is -2.23. The van der Waals surface area contributed by atoms with Crippen LogP contribution in [0.4, 0.5) is 0 Å². The van der Waals surface area contributed by atoms with Crippen molar-refractivity contribution in [1.82, 2.24) is 0 Å². The summed E-state index contributed by atoms with van der Waals surface area (Å²) in [6, 6.07) is 23.9. The molecule has 24 heavy (non-hydrogen) atoms. The second kappa shape index (κ2) is 7.30. The molecule has 0 heterocycles. The molecule has 0 spiro atoms. The third-order valence-electron chi connectivity index (χ3n) is 3.98. The van der Waals surface area contributed by atoms with E-state index in [4.69, 9.17) is 34.8 Å². The van der Waals surface area contributed by atoms with E-state index in [1.165, 1.54) is 15.9 Å². The molecule has 0 unspecified atom stereocenters. The zero-order chi connectivity index (χ0) is 17.2. The van der Waals surface area contributed by atoms with Crippen LogP contribution >= 0.6 is 42.1 Å². The standard InChI is InChI=1S/C20H15Cl3P/c1-2-24(18-9-3-15(21)4-10-18,19-11-5-16(22)6-12-19)20-13-7-17(23)8-14-20/h2-14H,1H2/q+1. The van der Waals surface area contributed by atoms with Gasteiger partial charge in [0.2, 0.25) is 0 Å². The highest BCUT2D eigenvalue weighted by Crippen LogP contribution is 2.56. The molecule has 3 aromatic rings. The summed E-state index contributed by atoms with van der Waals surface area (Å²) in [6.45, 7) is 4.18. The molecule has 0 aliphatic rings. The number of benzene rings is 3. The highest BCUT2D eigenvalue weighted by Gasteiger charge is 2.42. The Morgan fingerprint density at radius 3 is 1.00 bits per heavy atom. The molecule has 0 atom stereocenters. The lowest BCUT2D eigenvalue weighted by Crippen LogP contribution is -2.29. The van der Waals surface area contributed by atoms with E-state index >= 15 is 0 Å². The fourth-order valence-corrected chi connectivity index (χ4v) is 6.56. The number of rotatable bonds is 4. The Balaban J connectivity index is 2.29. The maximum absolute atomic E-state index is 6.09. The van der Waals surface area contributed by atoms with Gasteiger partial charge in [-0.1, -0.05) is 41.4 Å². The minimum absolute atomic E-state index is 0.716. The van der Waals surface area contributed by atoms with Gasteiger partial charge in [0.05, 0.1) is 5.82 Å². The molecule has 0 bridgehead atoms. The van der Waals surface area contributed by atoms with Crippen LogP contribution in [0.3, 0.4) is 0 Å². The van der Waals surface area contributed by atoms with E-state index in [0.717, 1.165) is 0 Å². The molecule has 3 aromatic carbocycles. The van der Waals surface area contributed by atoms with Gasteiger partial charge in [0.15, 0.2) is 0 Å². The van der Waals surface area contributed by atoms with Crippen molar-refractivity contribution >= 4 is 58.0 Å². The molecule has 4 heteroatoms. The van der Waals surface area contributed by atoms with Gasteiger partial charge in [0.1, 0.15) is 23.2 Å². The minimum atomic E-state index is -2.01. The van der Waals surface area contributed by atoms with Gasteiger partial charge in [-0.3, -0.25) is 0 Å². The third kappa shape index (κ3) is 3.25. The highest BCUT2D eigenvalue weighted by atomic mass is 35.5. The SMILES string of the molecule is C=C[P+](c1ccc(Cl)cc1)(c1ccc(Cl)cc1)c1ccc(Cl)cc1. The van der Waals surface area contributed by atoms with Crippen molar-refractivity contribution in [3.05, 3.63) is 100 Å². The number of halogens is 3. The summed E-state index contributed by atoms with van der Waals surface area (Å²) in [4.78, 5) is 0. The Bertz CT molecular complexity index is 727. The summed E-state index contributed by atoms with van der Waals surface area (Å²) in [5.41, 5.74) is 0. The fraction of sp³-hybridized carbons (Fsp3) is 0. The summed E-state index contributed by atoms with van der Waals surface area (Å²) in [7, 11) is -2.01. The summed E-state index contributed by atoms with van der Waals surface area (Å²) in [5, 5.41) is 5.71. The second-order valence-corrected chi connectivity index (χ2v) is 10.0. The molecule has 0 nitrogen and oxygen atoms in total. The largest absolute Gasteiger partial charge is 0.136 e. The van der Waals surface area contributed by atoms with Crippen molar-refractivity contribution < 1.29 is 0 Å². The average Bonchev–Trinajstić information content (AvgIpc) is 2.60. The van der Waals surface area contributed by atoms with Crippen LogP contribution in [0.1, 0.15) is 0 Å². The minimum Gasteiger partial charge on any atom is -0.0843 e. The molecule has 120 valence electrons. The van der Waals surface area contributed by atoms with Gasteiger partial charge in [0.25, 0.3) is 0 Å². The lowest BCUT2D eigenvalue weighted by atomic mass is 10.3. The smallest absolute Gasteiger partial charge is 0.0843 e. The van der Waals surface area contributed by atoms with Crippen molar-refractivity contribution in [1.29, 1.82) is 0 Å². The van der Waals surface area contributed by atoms with Crippen molar-refractivity contribution in [3.8, 4) is 0 Å². The Kier molecular flexibility index (Phi) is 5.33. The first kappa shape index (κ1) is 17.5. The van der Waals surface area contributed by atoms with Gasteiger partial charge in [-0.15, -0.1) is 0 Å². The zero-order valence-electron chi connectivity index (χ0n) is 12.8. The molecule has 0 saturated carbocycles. The first-order valence-electron chi connectivity index (χ1n) is 7.37. The predicted molar refractivity (Wildman–Crippen MR) is 110 cm³/mol. The quantitative estimate of drug-likeness (QED) is 0.472. The Morgan fingerprint density at radius 1 is 0.542 bits per heavy atom. The number of hydrogen-bond acceptors (Lipinski definition) is 0. The lowest BCUT2D eigenvalue weighted by molar-refractivity contribution is 1.72. The van der Waals surface area contributed by atoms with Crippen LogP contribution in [0, 0.1) is 0 Å². The summed E-state index contributed by atoms with van der Waals surface area (Å²) in [5.74, 6) is 2.06. The maximum Gasteiger partial charge on any atom is 0.136 e. The molecule has 3 rings (SSSR count). The highest BCUT2D eigenvalue weighted by molar-refractivity contribution is 7.98. The molecule has 0 radical (unpaired) electrons. The Labute approximate surface area is 158 Å². The van der Waals surface area contributed by atoms with E-state index in [1.54, 1.807) is 0 Å². The second-order valence-electron chi connectivity index (χ2n) is 5.33. The molecule has 0 saturated heterocycles. The van der Waals surface area contributed by atoms with Crippen LogP contribution in [-0.2, 0) is 0 Å². The van der Waals surface area contributed by atoms with E-state index in [2.05, 4.69) is 48.8 Å². The van der Waals surface area contributed by atoms with E-state index in [-0.39, 0.29) is 0 Å². The summed E-state index contributed by atoms with van der Waals surface area (Å²) in [6.07, 6.45) is 0. The first-order valence-corrected chi connectivity index (χ1v) is 10.4. The summed E-state index contributed by atoms with van der Waals surface area (Å²) >= 11 is 18.3. The molecule has 0 N–H and O–H groups in total. The molecule has 0 aliphatic carbocycles. The van der Waals surface area contributed by atoms with Crippen molar-refractivity contribution in [2.24, 2.45) is 0 Å². The number of hydrogen-bond donors (Lipinski definition) is 0. The van der Waals surface area contributed by atoms with Gasteiger partial charge >= 0.3 is 0 Å². The van der Waals surface area contributed by atoms with Gasteiger partial charge in [0, 0.05) is 15.1 Å². The van der Waals surface area contributed by atoms with Crippen molar-refractivity contribution in [2.75, 3.05) is 0 Å². The monoisotopic (exact) mass is 391 g/mol. The van der Waals surface area contributed by atoms with Crippen LogP contribution in [0.5, 0.6) is 0 Å². The topological polar surface area (TPSA) is 0 Å². The van der Waals surface area contributed by atoms with E-state index in [1.807, 2.05) is 36.4 Å². The fourth-order valence-electron chi connectivity index (χ4n) is 2.79. The predicted octanol–water partition coefficient (Wildman–Crippen LogP) is 6.08. The zero-order valence-corrected chi connectivity index (χ0v) is 16.0. The molecular weight excluding hydrogens is 378 g/mol. The Hall–Kier alpha value is -1.30. The van der Waals surface area contributed by atoms with E-state index < -0.39 is 7.26 Å². The van der Waals surface area contributed by atoms with Crippen LogP contribution < -0.4 is 15.9 Å². The van der Waals surface area contributed by atoms with E-state index in [0.29, 0.717) is 15.1 Å². The van der Waals surface area contributed by atoms with E-state index in [9.17, 15) is 0 Å². The molecule has 0 fully saturated rings. The van der Waals surface area contributed by atoms with Crippen LogP contribution in [-0.4, -0.2) is 0 Å². The summed E-state index contributed by atoms with van der Waals surface area (Å²) < 4.78 is 0. The van der Waals surface area contributed by atoms with Crippen LogP contribution in [0.2, 0.25) is 15.1 Å². The van der Waals surface area contributed by atoms with Gasteiger partial charge in [-0.05, 0) is 72.8 Å².